The monoisotopic (exact) mass is 447 g/mol. The van der Waals surface area contributed by atoms with Gasteiger partial charge in [0, 0.05) is 30.8 Å². The molecule has 0 spiro atoms. The van der Waals surface area contributed by atoms with E-state index in [-0.39, 0.29) is 23.2 Å². The molecule has 32 heavy (non-hydrogen) atoms. The van der Waals surface area contributed by atoms with E-state index in [2.05, 4.69) is 18.2 Å². The van der Waals surface area contributed by atoms with Crippen molar-refractivity contribution in [2.75, 3.05) is 13.2 Å². The molecule has 5 rings (SSSR count). The molecule has 0 saturated carbocycles. The molecule has 1 aliphatic rings. The van der Waals surface area contributed by atoms with Crippen LogP contribution in [0.1, 0.15) is 29.0 Å². The number of halogens is 1. The standard InChI is InChI=1S/C26H22ClNO4/c27-19-10-11-24-22(13-19)23(29)14-25(32-24)26(30)28(16-20-8-4-12-31-20)15-18-7-3-6-17-5-1-2-9-21(17)18/h1-3,5-7,9-11,13-14,20H,4,8,12,15-16H2/t20-/m1/s1. The van der Waals surface area contributed by atoms with E-state index in [1.165, 1.54) is 6.07 Å². The van der Waals surface area contributed by atoms with Gasteiger partial charge >= 0.3 is 0 Å². The molecule has 6 heteroatoms. The zero-order valence-electron chi connectivity index (χ0n) is 17.4. The first-order valence-electron chi connectivity index (χ1n) is 10.7. The van der Waals surface area contributed by atoms with Crippen LogP contribution in [0.15, 0.2) is 75.9 Å². The van der Waals surface area contributed by atoms with E-state index < -0.39 is 0 Å². The van der Waals surface area contributed by atoms with Crippen molar-refractivity contribution in [2.24, 2.45) is 0 Å². The molecule has 2 heterocycles. The Balaban J connectivity index is 1.52. The van der Waals surface area contributed by atoms with E-state index in [1.54, 1.807) is 23.1 Å². The number of benzene rings is 3. The Morgan fingerprint density at radius 2 is 1.88 bits per heavy atom. The molecule has 0 N–H and O–H groups in total. The van der Waals surface area contributed by atoms with Gasteiger partial charge in [-0.05, 0) is 47.4 Å². The van der Waals surface area contributed by atoms with Gasteiger partial charge in [-0.15, -0.1) is 0 Å². The Hall–Kier alpha value is -3.15. The minimum atomic E-state index is -0.331. The number of hydrogen-bond donors (Lipinski definition) is 0. The zero-order valence-corrected chi connectivity index (χ0v) is 18.2. The van der Waals surface area contributed by atoms with E-state index in [4.69, 9.17) is 20.8 Å². The van der Waals surface area contributed by atoms with Crippen molar-refractivity contribution in [3.63, 3.8) is 0 Å². The quantitative estimate of drug-likeness (QED) is 0.410. The van der Waals surface area contributed by atoms with E-state index in [1.807, 2.05) is 24.3 Å². The number of carbonyl (C=O) groups is 1. The molecule has 0 radical (unpaired) electrons. The van der Waals surface area contributed by atoms with Gasteiger partial charge in [-0.2, -0.15) is 0 Å². The van der Waals surface area contributed by atoms with Gasteiger partial charge in [-0.25, -0.2) is 0 Å². The molecule has 5 nitrogen and oxygen atoms in total. The molecule has 4 aromatic rings. The molecule has 0 unspecified atom stereocenters. The van der Waals surface area contributed by atoms with E-state index >= 15 is 0 Å². The summed E-state index contributed by atoms with van der Waals surface area (Å²) in [5.41, 5.74) is 1.08. The van der Waals surface area contributed by atoms with Crippen molar-refractivity contribution in [3.8, 4) is 0 Å². The smallest absolute Gasteiger partial charge is 0.290 e. The van der Waals surface area contributed by atoms with Gasteiger partial charge in [0.15, 0.2) is 11.2 Å². The summed E-state index contributed by atoms with van der Waals surface area (Å²) >= 11 is 6.01. The van der Waals surface area contributed by atoms with Crippen molar-refractivity contribution in [2.45, 2.75) is 25.5 Å². The fourth-order valence-corrected chi connectivity index (χ4v) is 4.45. The Kier molecular flexibility index (Phi) is 5.68. The molecular formula is C26H22ClNO4. The number of rotatable bonds is 5. The topological polar surface area (TPSA) is 59.8 Å². The molecule has 0 bridgehead atoms. The van der Waals surface area contributed by atoms with E-state index in [0.29, 0.717) is 35.7 Å². The SMILES string of the molecule is O=C(c1cc(=O)c2cc(Cl)ccc2o1)N(Cc1cccc2ccccc12)C[C@H]1CCCO1. The Morgan fingerprint density at radius 1 is 1.03 bits per heavy atom. The van der Waals surface area contributed by atoms with Gasteiger partial charge in [0.2, 0.25) is 0 Å². The van der Waals surface area contributed by atoms with Crippen molar-refractivity contribution < 1.29 is 13.9 Å². The lowest BCUT2D eigenvalue weighted by atomic mass is 10.0. The highest BCUT2D eigenvalue weighted by Crippen LogP contribution is 2.24. The number of carbonyl (C=O) groups excluding carboxylic acids is 1. The lowest BCUT2D eigenvalue weighted by molar-refractivity contribution is 0.0485. The number of nitrogens with zero attached hydrogens (tertiary/aromatic N) is 1. The van der Waals surface area contributed by atoms with Gasteiger partial charge in [0.1, 0.15) is 5.58 Å². The molecule has 3 aromatic carbocycles. The highest BCUT2D eigenvalue weighted by Gasteiger charge is 2.26. The van der Waals surface area contributed by atoms with Crippen LogP contribution in [-0.4, -0.2) is 30.1 Å². The van der Waals surface area contributed by atoms with Gasteiger partial charge in [0.25, 0.3) is 5.91 Å². The van der Waals surface area contributed by atoms with Crippen molar-refractivity contribution >= 4 is 39.2 Å². The van der Waals surface area contributed by atoms with Crippen LogP contribution in [-0.2, 0) is 11.3 Å². The molecule has 1 atom stereocenters. The first kappa shape index (κ1) is 20.7. The fourth-order valence-electron chi connectivity index (χ4n) is 4.28. The number of fused-ring (bicyclic) bond motifs is 2. The minimum absolute atomic E-state index is 0.0167. The van der Waals surface area contributed by atoms with Crippen LogP contribution in [0.5, 0.6) is 0 Å². The van der Waals surface area contributed by atoms with Crippen LogP contribution < -0.4 is 5.43 Å². The third-order valence-corrected chi connectivity index (χ3v) is 6.11. The summed E-state index contributed by atoms with van der Waals surface area (Å²) in [6.07, 6.45) is 1.85. The molecule has 1 aliphatic heterocycles. The van der Waals surface area contributed by atoms with Crippen LogP contribution in [0.4, 0.5) is 0 Å². The van der Waals surface area contributed by atoms with Crippen molar-refractivity contribution in [1.29, 1.82) is 0 Å². The van der Waals surface area contributed by atoms with Crippen molar-refractivity contribution in [1.82, 2.24) is 4.90 Å². The third kappa shape index (κ3) is 4.14. The van der Waals surface area contributed by atoms with Crippen LogP contribution in [0.2, 0.25) is 5.02 Å². The largest absolute Gasteiger partial charge is 0.451 e. The molecule has 1 saturated heterocycles. The molecular weight excluding hydrogens is 426 g/mol. The Labute approximate surface area is 190 Å². The predicted molar refractivity (Wildman–Crippen MR) is 125 cm³/mol. The highest BCUT2D eigenvalue weighted by atomic mass is 35.5. The molecule has 1 fully saturated rings. The maximum atomic E-state index is 13.5. The Morgan fingerprint density at radius 3 is 2.72 bits per heavy atom. The number of hydrogen-bond acceptors (Lipinski definition) is 4. The summed E-state index contributed by atoms with van der Waals surface area (Å²) in [6, 6.07) is 20.2. The van der Waals surface area contributed by atoms with E-state index in [9.17, 15) is 9.59 Å². The van der Waals surface area contributed by atoms with Crippen LogP contribution in [0, 0.1) is 0 Å². The minimum Gasteiger partial charge on any atom is -0.451 e. The summed E-state index contributed by atoms with van der Waals surface area (Å²) in [7, 11) is 0. The molecule has 1 amide bonds. The van der Waals surface area contributed by atoms with E-state index in [0.717, 1.165) is 29.2 Å². The second kappa shape index (κ2) is 8.77. The normalized spacial score (nSPS) is 16.0. The fraction of sp³-hybridized carbons (Fsp3) is 0.231. The maximum absolute atomic E-state index is 13.5. The summed E-state index contributed by atoms with van der Waals surface area (Å²) in [6.45, 7) is 1.53. The predicted octanol–water partition coefficient (Wildman–Crippen LogP) is 5.42. The lowest BCUT2D eigenvalue weighted by Gasteiger charge is -2.25. The lowest BCUT2D eigenvalue weighted by Crippen LogP contribution is -2.37. The number of amides is 1. The molecule has 0 aliphatic carbocycles. The van der Waals surface area contributed by atoms with Crippen LogP contribution in [0.25, 0.3) is 21.7 Å². The van der Waals surface area contributed by atoms with Crippen LogP contribution in [0.3, 0.4) is 0 Å². The second-order valence-electron chi connectivity index (χ2n) is 8.07. The summed E-state index contributed by atoms with van der Waals surface area (Å²) in [4.78, 5) is 27.9. The van der Waals surface area contributed by atoms with Gasteiger partial charge in [0.05, 0.1) is 11.5 Å². The average Bonchev–Trinajstić information content (AvgIpc) is 3.32. The third-order valence-electron chi connectivity index (χ3n) is 5.88. The average molecular weight is 448 g/mol. The summed E-state index contributed by atoms with van der Waals surface area (Å²) in [5.74, 6) is -0.314. The van der Waals surface area contributed by atoms with Gasteiger partial charge in [-0.1, -0.05) is 54.1 Å². The van der Waals surface area contributed by atoms with Crippen LogP contribution >= 0.6 is 11.6 Å². The highest BCUT2D eigenvalue weighted by molar-refractivity contribution is 6.31. The first-order chi connectivity index (χ1) is 15.6. The summed E-state index contributed by atoms with van der Waals surface area (Å²) < 4.78 is 11.6. The first-order valence-corrected chi connectivity index (χ1v) is 11.1. The second-order valence-corrected chi connectivity index (χ2v) is 8.51. The molecule has 162 valence electrons. The maximum Gasteiger partial charge on any atom is 0.290 e. The van der Waals surface area contributed by atoms with Crippen molar-refractivity contribution in [3.05, 3.63) is 93.3 Å². The van der Waals surface area contributed by atoms with Gasteiger partial charge in [-0.3, -0.25) is 9.59 Å². The van der Waals surface area contributed by atoms with Gasteiger partial charge < -0.3 is 14.1 Å². The summed E-state index contributed by atoms with van der Waals surface area (Å²) in [5, 5.41) is 3.01. The zero-order chi connectivity index (χ0) is 22.1. The Bertz CT molecular complexity index is 1350. The molecule has 1 aromatic heterocycles. The number of ether oxygens (including phenoxy) is 1.